The van der Waals surface area contributed by atoms with Gasteiger partial charge in [-0.15, -0.1) is 0 Å². The number of ether oxygens (including phenoxy) is 2. The van der Waals surface area contributed by atoms with Crippen LogP contribution in [0.4, 0.5) is 11.4 Å². The molecule has 3 rings (SSSR count). The van der Waals surface area contributed by atoms with Crippen LogP contribution < -0.4 is 9.64 Å². The van der Waals surface area contributed by atoms with Crippen molar-refractivity contribution in [3.05, 3.63) is 59.7 Å². The predicted octanol–water partition coefficient (Wildman–Crippen LogP) is 5.28. The lowest BCUT2D eigenvalue weighted by atomic mass is 10.1. The molecule has 162 valence electrons. The Bertz CT molecular complexity index is 1060. The third-order valence-electron chi connectivity index (χ3n) is 4.71. The minimum absolute atomic E-state index is 0.0294. The molecular formula is C25H28N2O4. The van der Waals surface area contributed by atoms with Crippen LogP contribution in [0, 0.1) is 0 Å². The fourth-order valence-corrected chi connectivity index (χ4v) is 3.29. The molecule has 1 aromatic carbocycles. The summed E-state index contributed by atoms with van der Waals surface area (Å²) >= 11 is 0. The van der Waals surface area contributed by atoms with Gasteiger partial charge in [-0.2, -0.15) is 0 Å². The Morgan fingerprint density at radius 1 is 1.13 bits per heavy atom. The van der Waals surface area contributed by atoms with Crippen molar-refractivity contribution < 1.29 is 19.4 Å². The van der Waals surface area contributed by atoms with Crippen LogP contribution in [0.15, 0.2) is 53.5 Å². The number of anilines is 1. The highest BCUT2D eigenvalue weighted by molar-refractivity contribution is 6.10. The van der Waals surface area contributed by atoms with Crippen molar-refractivity contribution in [2.24, 2.45) is 4.99 Å². The highest BCUT2D eigenvalue weighted by atomic mass is 16.5. The number of esters is 1. The standard InChI is InChI=1S/C25H28N2O4/c1-6-30-25(29)23-21-14-19(31-16(2)3)8-7-9-20(21)22(24(23)28)15-26-17-10-12-18(13-11-17)27(4)5/h7-16,28H,6H2,1-5H3. The number of hydrogen-bond donors (Lipinski definition) is 1. The second-order valence-corrected chi connectivity index (χ2v) is 7.59. The number of fused-ring (bicyclic) bond motifs is 1. The number of carbonyl (C=O) groups is 1. The number of nitrogens with zero attached hydrogens (tertiary/aromatic N) is 2. The molecule has 31 heavy (non-hydrogen) atoms. The van der Waals surface area contributed by atoms with Crippen LogP contribution in [0.25, 0.3) is 11.1 Å². The maximum absolute atomic E-state index is 12.6. The Kier molecular flexibility index (Phi) is 6.80. The van der Waals surface area contributed by atoms with E-state index in [4.69, 9.17) is 9.47 Å². The lowest BCUT2D eigenvalue weighted by molar-refractivity contribution is 0.0524. The van der Waals surface area contributed by atoms with Crippen LogP contribution in [-0.2, 0) is 4.74 Å². The minimum atomic E-state index is -0.582. The third kappa shape index (κ3) is 4.97. The number of aromatic hydroxyl groups is 1. The number of hydrogen-bond acceptors (Lipinski definition) is 6. The average Bonchev–Trinajstić information content (AvgIpc) is 2.83. The molecule has 0 atom stereocenters. The second-order valence-electron chi connectivity index (χ2n) is 7.59. The van der Waals surface area contributed by atoms with E-state index in [-0.39, 0.29) is 24.0 Å². The van der Waals surface area contributed by atoms with E-state index >= 15 is 0 Å². The highest BCUT2D eigenvalue weighted by Crippen LogP contribution is 2.42. The first-order chi connectivity index (χ1) is 14.8. The fraction of sp³-hybridized carbons (Fsp3) is 0.280. The van der Waals surface area contributed by atoms with Crippen LogP contribution in [0.1, 0.15) is 36.7 Å². The van der Waals surface area contributed by atoms with Crippen molar-refractivity contribution in [2.75, 3.05) is 25.6 Å². The van der Waals surface area contributed by atoms with Gasteiger partial charge in [0.2, 0.25) is 0 Å². The van der Waals surface area contributed by atoms with E-state index in [2.05, 4.69) is 4.99 Å². The van der Waals surface area contributed by atoms with Gasteiger partial charge in [-0.1, -0.05) is 12.1 Å². The first kappa shape index (κ1) is 22.2. The van der Waals surface area contributed by atoms with Crippen molar-refractivity contribution in [3.8, 4) is 22.6 Å². The molecule has 0 bridgehead atoms. The number of aliphatic imine (C=N–C) groups is 1. The van der Waals surface area contributed by atoms with Crippen molar-refractivity contribution in [3.63, 3.8) is 0 Å². The number of carbonyl (C=O) groups excluding carboxylic acids is 1. The maximum Gasteiger partial charge on any atom is 0.342 e. The van der Waals surface area contributed by atoms with E-state index < -0.39 is 5.97 Å². The van der Waals surface area contributed by atoms with E-state index in [1.807, 2.05) is 75.3 Å². The molecule has 0 saturated carbocycles. The molecule has 0 aliphatic heterocycles. The average molecular weight is 421 g/mol. The topological polar surface area (TPSA) is 71.4 Å². The minimum Gasteiger partial charge on any atom is -0.506 e. The number of rotatable bonds is 7. The molecule has 1 N–H and O–H groups in total. The van der Waals surface area contributed by atoms with Crippen LogP contribution >= 0.6 is 0 Å². The second kappa shape index (κ2) is 9.51. The SMILES string of the molecule is CCOC(=O)c1c2cc(OC(C)C)cccc-2c(C=Nc2ccc(N(C)C)cc2)c1O. The molecule has 0 heterocycles. The maximum atomic E-state index is 12.6. The summed E-state index contributed by atoms with van der Waals surface area (Å²) in [5, 5.41) is 10.9. The molecule has 2 aliphatic carbocycles. The van der Waals surface area contributed by atoms with Crippen molar-refractivity contribution in [1.82, 2.24) is 0 Å². The van der Waals surface area contributed by atoms with Gasteiger partial charge in [-0.3, -0.25) is 4.99 Å². The summed E-state index contributed by atoms with van der Waals surface area (Å²) in [6.07, 6.45) is 1.55. The van der Waals surface area contributed by atoms with Gasteiger partial charge in [0.25, 0.3) is 0 Å². The van der Waals surface area contributed by atoms with Crippen molar-refractivity contribution >= 4 is 23.6 Å². The number of benzene rings is 1. The lowest BCUT2D eigenvalue weighted by Crippen LogP contribution is -2.07. The molecule has 6 heteroatoms. The van der Waals surface area contributed by atoms with Crippen molar-refractivity contribution in [2.45, 2.75) is 26.9 Å². The smallest absolute Gasteiger partial charge is 0.342 e. The molecule has 0 radical (unpaired) electrons. The van der Waals surface area contributed by atoms with E-state index in [1.165, 1.54) is 0 Å². The third-order valence-corrected chi connectivity index (χ3v) is 4.71. The molecular weight excluding hydrogens is 392 g/mol. The monoisotopic (exact) mass is 420 g/mol. The van der Waals surface area contributed by atoms with Gasteiger partial charge in [0.15, 0.2) is 0 Å². The largest absolute Gasteiger partial charge is 0.506 e. The summed E-state index contributed by atoms with van der Waals surface area (Å²) < 4.78 is 11.0. The molecule has 0 amide bonds. The Labute approximate surface area is 183 Å². The summed E-state index contributed by atoms with van der Waals surface area (Å²) in [5.41, 5.74) is 3.62. The lowest BCUT2D eigenvalue weighted by Gasteiger charge is -2.11. The normalized spacial score (nSPS) is 11.3. The fourth-order valence-electron chi connectivity index (χ4n) is 3.29. The van der Waals surface area contributed by atoms with Gasteiger partial charge in [0.1, 0.15) is 17.1 Å². The molecule has 0 fully saturated rings. The van der Waals surface area contributed by atoms with Gasteiger partial charge in [-0.25, -0.2) is 4.79 Å². The molecule has 0 unspecified atom stereocenters. The quantitative estimate of drug-likeness (QED) is 0.416. The van der Waals surface area contributed by atoms with E-state index in [0.29, 0.717) is 22.4 Å². The summed E-state index contributed by atoms with van der Waals surface area (Å²) in [6, 6.07) is 15.0. The molecule has 1 aromatic rings. The van der Waals surface area contributed by atoms with Crippen LogP contribution in [0.5, 0.6) is 11.5 Å². The zero-order valence-electron chi connectivity index (χ0n) is 18.5. The van der Waals surface area contributed by atoms with Crippen LogP contribution in [0.3, 0.4) is 0 Å². The van der Waals surface area contributed by atoms with Gasteiger partial charge < -0.3 is 19.5 Å². The first-order valence-electron chi connectivity index (χ1n) is 10.3. The van der Waals surface area contributed by atoms with Gasteiger partial charge >= 0.3 is 5.97 Å². The van der Waals surface area contributed by atoms with E-state index in [1.54, 1.807) is 19.2 Å². The van der Waals surface area contributed by atoms with Crippen molar-refractivity contribution in [1.29, 1.82) is 0 Å². The molecule has 0 saturated heterocycles. The Morgan fingerprint density at radius 3 is 2.45 bits per heavy atom. The van der Waals surface area contributed by atoms with Crippen LogP contribution in [0.2, 0.25) is 0 Å². The summed E-state index contributed by atoms with van der Waals surface area (Å²) in [6.45, 7) is 5.80. The summed E-state index contributed by atoms with van der Waals surface area (Å²) in [7, 11) is 3.95. The predicted molar refractivity (Wildman–Crippen MR) is 124 cm³/mol. The first-order valence-corrected chi connectivity index (χ1v) is 10.3. The van der Waals surface area contributed by atoms with Gasteiger partial charge in [-0.05, 0) is 62.7 Å². The van der Waals surface area contributed by atoms with E-state index in [0.717, 1.165) is 11.4 Å². The Morgan fingerprint density at radius 2 is 1.84 bits per heavy atom. The summed E-state index contributed by atoms with van der Waals surface area (Å²) in [4.78, 5) is 19.1. The van der Waals surface area contributed by atoms with Crippen LogP contribution in [-0.4, -0.2) is 44.1 Å². The van der Waals surface area contributed by atoms with Gasteiger partial charge in [0.05, 0.1) is 18.4 Å². The Balaban J connectivity index is 2.08. The molecule has 0 spiro atoms. The molecule has 0 aromatic heterocycles. The summed E-state index contributed by atoms with van der Waals surface area (Å²) in [5.74, 6) is -0.131. The zero-order valence-corrected chi connectivity index (χ0v) is 18.5. The zero-order chi connectivity index (χ0) is 22.5. The molecule has 2 aliphatic rings. The molecule has 6 nitrogen and oxygen atoms in total. The van der Waals surface area contributed by atoms with E-state index in [9.17, 15) is 9.90 Å². The highest BCUT2D eigenvalue weighted by Gasteiger charge is 2.27. The van der Waals surface area contributed by atoms with Gasteiger partial charge in [0, 0.05) is 37.1 Å². The Hall–Kier alpha value is -3.54.